The van der Waals surface area contributed by atoms with E-state index in [2.05, 4.69) is 22.5 Å². The highest BCUT2D eigenvalue weighted by molar-refractivity contribution is 7.80. The van der Waals surface area contributed by atoms with Gasteiger partial charge in [-0.1, -0.05) is 6.42 Å². The molecule has 0 aromatic carbocycles. The number of nitrogens with zero attached hydrogens (tertiary/aromatic N) is 1. The van der Waals surface area contributed by atoms with Crippen molar-refractivity contribution in [2.75, 3.05) is 39.4 Å². The highest BCUT2D eigenvalue weighted by Gasteiger charge is 2.41. The van der Waals surface area contributed by atoms with E-state index in [-0.39, 0.29) is 0 Å². The molecule has 2 saturated carbocycles. The van der Waals surface area contributed by atoms with Crippen molar-refractivity contribution in [3.8, 4) is 0 Å². The first kappa shape index (κ1) is 16.5. The van der Waals surface area contributed by atoms with E-state index in [0.717, 1.165) is 68.7 Å². The van der Waals surface area contributed by atoms with Crippen molar-refractivity contribution in [1.29, 1.82) is 0 Å². The summed E-state index contributed by atoms with van der Waals surface area (Å²) in [4.78, 5) is 2.47. The number of rotatable bonds is 6. The van der Waals surface area contributed by atoms with Crippen molar-refractivity contribution in [3.05, 3.63) is 0 Å². The van der Waals surface area contributed by atoms with Crippen molar-refractivity contribution >= 4 is 17.3 Å². The standard InChI is InChI=1S/C17H31N3OS/c1-13(16-12-14-3-4-15(16)11-14)19-17(22)18-5-2-6-20-7-9-21-10-8-20/h13-16H,2-12H2,1H3,(H2,18,19,22)/t13-,14+,15+,16-/m0/s1. The summed E-state index contributed by atoms with van der Waals surface area (Å²) >= 11 is 5.47. The summed E-state index contributed by atoms with van der Waals surface area (Å²) in [5.74, 6) is 2.80. The van der Waals surface area contributed by atoms with E-state index in [1.54, 1.807) is 0 Å². The van der Waals surface area contributed by atoms with Gasteiger partial charge < -0.3 is 15.4 Å². The quantitative estimate of drug-likeness (QED) is 0.577. The maximum atomic E-state index is 5.47. The van der Waals surface area contributed by atoms with Gasteiger partial charge in [0.05, 0.1) is 13.2 Å². The van der Waals surface area contributed by atoms with Gasteiger partial charge in [-0.2, -0.15) is 0 Å². The monoisotopic (exact) mass is 325 g/mol. The molecule has 3 rings (SSSR count). The van der Waals surface area contributed by atoms with Gasteiger partial charge in [0.2, 0.25) is 0 Å². The van der Waals surface area contributed by atoms with Crippen molar-refractivity contribution < 1.29 is 4.74 Å². The van der Waals surface area contributed by atoms with Crippen molar-refractivity contribution in [1.82, 2.24) is 15.5 Å². The van der Waals surface area contributed by atoms with Crippen LogP contribution in [0.15, 0.2) is 0 Å². The molecule has 1 saturated heterocycles. The first-order valence-corrected chi connectivity index (χ1v) is 9.47. The fourth-order valence-corrected chi connectivity index (χ4v) is 4.89. The molecule has 2 N–H and O–H groups in total. The summed E-state index contributed by atoms with van der Waals surface area (Å²) in [6.45, 7) is 8.33. The van der Waals surface area contributed by atoms with Crippen LogP contribution in [-0.4, -0.2) is 55.4 Å². The van der Waals surface area contributed by atoms with Crippen LogP contribution in [0.4, 0.5) is 0 Å². The second-order valence-corrected chi connectivity index (χ2v) is 7.74. The van der Waals surface area contributed by atoms with Gasteiger partial charge in [-0.3, -0.25) is 4.90 Å². The lowest BCUT2D eigenvalue weighted by molar-refractivity contribution is 0.0376. The molecule has 22 heavy (non-hydrogen) atoms. The molecule has 0 amide bonds. The Balaban J connectivity index is 1.27. The molecule has 3 fully saturated rings. The molecule has 1 aliphatic heterocycles. The van der Waals surface area contributed by atoms with Gasteiger partial charge in [-0.25, -0.2) is 0 Å². The predicted octanol–water partition coefficient (Wildman–Crippen LogP) is 2.00. The van der Waals surface area contributed by atoms with E-state index in [1.807, 2.05) is 0 Å². The number of nitrogens with one attached hydrogen (secondary N) is 2. The summed E-state index contributed by atoms with van der Waals surface area (Å²) < 4.78 is 5.37. The van der Waals surface area contributed by atoms with Crippen LogP contribution in [0.1, 0.15) is 39.0 Å². The van der Waals surface area contributed by atoms with E-state index in [0.29, 0.717) is 6.04 Å². The Bertz CT molecular complexity index is 373. The van der Waals surface area contributed by atoms with E-state index in [1.165, 1.54) is 25.7 Å². The number of hydrogen-bond donors (Lipinski definition) is 2. The van der Waals surface area contributed by atoms with Gasteiger partial charge in [-0.05, 0) is 69.1 Å². The average Bonchev–Trinajstić information content (AvgIpc) is 3.15. The SMILES string of the molecule is C[C@H](NC(=S)NCCCN1CCOCC1)[C@@H]1C[C@@H]2CC[C@@H]1C2. The van der Waals surface area contributed by atoms with Crippen molar-refractivity contribution in [2.45, 2.75) is 45.1 Å². The van der Waals surface area contributed by atoms with E-state index < -0.39 is 0 Å². The molecule has 5 heteroatoms. The van der Waals surface area contributed by atoms with Crippen LogP contribution < -0.4 is 10.6 Å². The van der Waals surface area contributed by atoms with Crippen molar-refractivity contribution in [3.63, 3.8) is 0 Å². The van der Waals surface area contributed by atoms with E-state index in [9.17, 15) is 0 Å². The van der Waals surface area contributed by atoms with Crippen LogP contribution in [0.3, 0.4) is 0 Å². The van der Waals surface area contributed by atoms with Crippen LogP contribution in [0.25, 0.3) is 0 Å². The normalized spacial score (nSPS) is 32.9. The molecule has 4 atom stereocenters. The van der Waals surface area contributed by atoms with E-state index >= 15 is 0 Å². The zero-order valence-electron chi connectivity index (χ0n) is 13.9. The fraction of sp³-hybridized carbons (Fsp3) is 0.941. The Morgan fingerprint density at radius 3 is 2.77 bits per heavy atom. The zero-order valence-corrected chi connectivity index (χ0v) is 14.7. The Morgan fingerprint density at radius 1 is 1.27 bits per heavy atom. The minimum atomic E-state index is 0.523. The molecule has 4 nitrogen and oxygen atoms in total. The van der Waals surface area contributed by atoms with Gasteiger partial charge in [0.25, 0.3) is 0 Å². The minimum Gasteiger partial charge on any atom is -0.379 e. The molecular formula is C17H31N3OS. The lowest BCUT2D eigenvalue weighted by atomic mass is 9.84. The lowest BCUT2D eigenvalue weighted by Crippen LogP contribution is -2.45. The van der Waals surface area contributed by atoms with Gasteiger partial charge in [0.15, 0.2) is 5.11 Å². The first-order valence-electron chi connectivity index (χ1n) is 9.07. The fourth-order valence-electron chi connectivity index (χ4n) is 4.60. The third-order valence-corrected chi connectivity index (χ3v) is 6.10. The van der Waals surface area contributed by atoms with Gasteiger partial charge in [0, 0.05) is 25.7 Å². The minimum absolute atomic E-state index is 0.523. The van der Waals surface area contributed by atoms with Gasteiger partial charge >= 0.3 is 0 Å². The number of fused-ring (bicyclic) bond motifs is 2. The average molecular weight is 326 g/mol. The third-order valence-electron chi connectivity index (χ3n) is 5.83. The number of thiocarbonyl (C=S) groups is 1. The van der Waals surface area contributed by atoms with Gasteiger partial charge in [0.1, 0.15) is 0 Å². The van der Waals surface area contributed by atoms with E-state index in [4.69, 9.17) is 17.0 Å². The zero-order chi connectivity index (χ0) is 15.4. The summed E-state index contributed by atoms with van der Waals surface area (Å²) in [5, 5.41) is 7.76. The molecule has 0 aromatic rings. The second-order valence-electron chi connectivity index (χ2n) is 7.34. The molecular weight excluding hydrogens is 294 g/mol. The Hall–Kier alpha value is -0.390. The molecule has 0 spiro atoms. The summed E-state index contributed by atoms with van der Waals surface area (Å²) in [5.41, 5.74) is 0. The highest BCUT2D eigenvalue weighted by atomic mass is 32.1. The molecule has 126 valence electrons. The van der Waals surface area contributed by atoms with Crippen LogP contribution in [0, 0.1) is 17.8 Å². The summed E-state index contributed by atoms with van der Waals surface area (Å²) in [7, 11) is 0. The Morgan fingerprint density at radius 2 is 2.09 bits per heavy atom. The van der Waals surface area contributed by atoms with Crippen LogP contribution >= 0.6 is 12.2 Å². The number of ether oxygens (including phenoxy) is 1. The molecule has 0 unspecified atom stereocenters. The maximum Gasteiger partial charge on any atom is 0.166 e. The number of hydrogen-bond acceptors (Lipinski definition) is 3. The smallest absolute Gasteiger partial charge is 0.166 e. The Labute approximate surface area is 140 Å². The molecule has 3 aliphatic rings. The number of morpholine rings is 1. The third kappa shape index (κ3) is 4.33. The Kier molecular flexibility index (Phi) is 5.94. The predicted molar refractivity (Wildman–Crippen MR) is 94.0 cm³/mol. The topological polar surface area (TPSA) is 36.5 Å². The van der Waals surface area contributed by atoms with Gasteiger partial charge in [-0.15, -0.1) is 0 Å². The molecule has 0 aromatic heterocycles. The van der Waals surface area contributed by atoms with Crippen molar-refractivity contribution in [2.24, 2.45) is 17.8 Å². The second kappa shape index (κ2) is 7.93. The van der Waals surface area contributed by atoms with Crippen LogP contribution in [0.2, 0.25) is 0 Å². The first-order chi connectivity index (χ1) is 10.7. The molecule has 1 heterocycles. The summed E-state index contributed by atoms with van der Waals surface area (Å²) in [6, 6.07) is 0.523. The summed E-state index contributed by atoms with van der Waals surface area (Å²) in [6.07, 6.45) is 6.94. The maximum absolute atomic E-state index is 5.47. The molecule has 2 aliphatic carbocycles. The molecule has 0 radical (unpaired) electrons. The lowest BCUT2D eigenvalue weighted by Gasteiger charge is -2.29. The largest absolute Gasteiger partial charge is 0.379 e. The highest BCUT2D eigenvalue weighted by Crippen LogP contribution is 2.49. The molecule has 2 bridgehead atoms. The van der Waals surface area contributed by atoms with Crippen LogP contribution in [-0.2, 0) is 4.74 Å². The van der Waals surface area contributed by atoms with Crippen LogP contribution in [0.5, 0.6) is 0 Å².